The van der Waals surface area contributed by atoms with Crippen LogP contribution in [-0.4, -0.2) is 65.6 Å². The highest BCUT2D eigenvalue weighted by atomic mass is 16.5. The summed E-state index contributed by atoms with van der Waals surface area (Å²) >= 11 is 0. The Bertz CT molecular complexity index is 844. The molecule has 1 aromatic heterocycles. The minimum atomic E-state index is -0.250. The Balaban J connectivity index is 0.000000806. The van der Waals surface area contributed by atoms with Gasteiger partial charge in [-0.2, -0.15) is 0 Å². The van der Waals surface area contributed by atoms with Gasteiger partial charge in [-0.3, -0.25) is 19.3 Å². The average molecular weight is 415 g/mol. The first kappa shape index (κ1) is 21.8. The molecular weight excluding hydrogens is 386 g/mol. The molecule has 2 atom stereocenters. The number of fused-ring (bicyclic) bond motifs is 1. The second-order valence-corrected chi connectivity index (χ2v) is 7.89. The summed E-state index contributed by atoms with van der Waals surface area (Å²) in [6.45, 7) is 1.38. The molecule has 8 heteroatoms. The van der Waals surface area contributed by atoms with E-state index < -0.39 is 0 Å². The van der Waals surface area contributed by atoms with Crippen molar-refractivity contribution in [2.45, 2.75) is 44.2 Å². The maximum absolute atomic E-state index is 12.6. The third-order valence-corrected chi connectivity index (χ3v) is 5.84. The summed E-state index contributed by atoms with van der Waals surface area (Å²) < 4.78 is 4.86. The van der Waals surface area contributed by atoms with Crippen molar-refractivity contribution in [3.8, 4) is 0 Å². The fourth-order valence-electron chi connectivity index (χ4n) is 4.13. The monoisotopic (exact) mass is 415 g/mol. The van der Waals surface area contributed by atoms with Crippen LogP contribution in [0.4, 0.5) is 0 Å². The molecule has 30 heavy (non-hydrogen) atoms. The molecular formula is C22H29N3O5. The summed E-state index contributed by atoms with van der Waals surface area (Å²) in [4.78, 5) is 38.3. The minimum absolute atomic E-state index is 0.0750. The second-order valence-electron chi connectivity index (χ2n) is 7.89. The average Bonchev–Trinajstić information content (AvgIpc) is 3.33. The Labute approximate surface area is 175 Å². The number of ether oxygens (including phenoxy) is 1. The first-order chi connectivity index (χ1) is 14.5. The van der Waals surface area contributed by atoms with Crippen molar-refractivity contribution >= 4 is 29.3 Å². The van der Waals surface area contributed by atoms with Gasteiger partial charge in [-0.25, -0.2) is 0 Å². The molecule has 2 aromatic rings. The number of likely N-dealkylation sites (tertiary alicyclic amines) is 1. The number of aromatic nitrogens is 1. The lowest BCUT2D eigenvalue weighted by atomic mass is 10.1. The number of para-hydroxylation sites is 1. The van der Waals surface area contributed by atoms with Crippen molar-refractivity contribution in [2.24, 2.45) is 5.92 Å². The molecule has 2 fully saturated rings. The number of nitrogens with zero attached hydrogens (tertiary/aromatic N) is 1. The molecule has 2 aliphatic rings. The number of nitrogens with one attached hydrogen (secondary N) is 2. The van der Waals surface area contributed by atoms with E-state index >= 15 is 0 Å². The number of rotatable bonds is 7. The van der Waals surface area contributed by atoms with Gasteiger partial charge in [0.1, 0.15) is 5.69 Å². The predicted octanol–water partition coefficient (Wildman–Crippen LogP) is 2.40. The normalized spacial score (nSPS) is 21.0. The quantitative estimate of drug-likeness (QED) is 0.473. The fourth-order valence-corrected chi connectivity index (χ4v) is 4.13. The smallest absolute Gasteiger partial charge is 0.307 e. The molecule has 0 unspecified atom stereocenters. The van der Waals surface area contributed by atoms with Gasteiger partial charge >= 0.3 is 5.97 Å². The zero-order chi connectivity index (χ0) is 21.5. The molecule has 3 N–H and O–H groups in total. The number of carbonyl (C=O) groups is 3. The topological polar surface area (TPSA) is 112 Å². The highest BCUT2D eigenvalue weighted by Gasteiger charge is 2.38. The van der Waals surface area contributed by atoms with E-state index in [1.54, 1.807) is 0 Å². The van der Waals surface area contributed by atoms with Gasteiger partial charge in [0.2, 0.25) is 0 Å². The summed E-state index contributed by atoms with van der Waals surface area (Å²) in [7, 11) is 1.44. The van der Waals surface area contributed by atoms with Crippen molar-refractivity contribution in [1.29, 1.82) is 0 Å². The molecule has 0 bridgehead atoms. The van der Waals surface area contributed by atoms with E-state index in [0.29, 0.717) is 18.7 Å². The number of methoxy groups -OCH3 is 1. The predicted molar refractivity (Wildman–Crippen MR) is 112 cm³/mol. The van der Waals surface area contributed by atoms with E-state index in [4.69, 9.17) is 14.6 Å². The molecule has 0 radical (unpaired) electrons. The third-order valence-electron chi connectivity index (χ3n) is 5.84. The molecule has 0 spiro atoms. The standard InChI is InChI=1S/C21H27N3O3.CH2O2/c1-27-20(25)11-16-8-9-17(24(16)13-14-6-7-14)12-22-21(26)19-10-15-4-2-3-5-18(15)23-19;2-1-3/h2-5,10,14,16-17,23H,6-9,11-13H2,1H3,(H,22,26);1H,(H,2,3)/t16-,17+;/m1./s1. The number of hydrogen-bond donors (Lipinski definition) is 3. The summed E-state index contributed by atoms with van der Waals surface area (Å²) in [5.74, 6) is 0.521. The van der Waals surface area contributed by atoms with Crippen LogP contribution in [0, 0.1) is 5.92 Å². The summed E-state index contributed by atoms with van der Waals surface area (Å²) in [5.41, 5.74) is 1.56. The van der Waals surface area contributed by atoms with Crippen LogP contribution in [0.25, 0.3) is 10.9 Å². The zero-order valence-electron chi connectivity index (χ0n) is 17.2. The van der Waals surface area contributed by atoms with Crippen LogP contribution in [0.15, 0.2) is 30.3 Å². The molecule has 8 nitrogen and oxygen atoms in total. The van der Waals surface area contributed by atoms with Crippen LogP contribution in [0.2, 0.25) is 0 Å². The number of H-pyrrole nitrogens is 1. The van der Waals surface area contributed by atoms with Crippen molar-refractivity contribution in [2.75, 3.05) is 20.2 Å². The van der Waals surface area contributed by atoms with E-state index in [9.17, 15) is 9.59 Å². The molecule has 162 valence electrons. The van der Waals surface area contributed by atoms with Crippen molar-refractivity contribution in [3.63, 3.8) is 0 Å². The Morgan fingerprint density at radius 3 is 2.60 bits per heavy atom. The molecule has 4 rings (SSSR count). The van der Waals surface area contributed by atoms with Crippen molar-refractivity contribution in [3.05, 3.63) is 36.0 Å². The van der Waals surface area contributed by atoms with Crippen LogP contribution in [-0.2, 0) is 14.3 Å². The lowest BCUT2D eigenvalue weighted by molar-refractivity contribution is -0.142. The van der Waals surface area contributed by atoms with Crippen LogP contribution < -0.4 is 5.32 Å². The summed E-state index contributed by atoms with van der Waals surface area (Å²) in [5, 5.41) is 11.0. The summed E-state index contributed by atoms with van der Waals surface area (Å²) in [6, 6.07) is 10.3. The van der Waals surface area contributed by atoms with Crippen molar-refractivity contribution in [1.82, 2.24) is 15.2 Å². The zero-order valence-corrected chi connectivity index (χ0v) is 17.2. The van der Waals surface area contributed by atoms with Gasteiger partial charge in [-0.15, -0.1) is 0 Å². The molecule has 1 saturated heterocycles. The number of benzene rings is 1. The summed E-state index contributed by atoms with van der Waals surface area (Å²) in [6.07, 6.45) is 4.97. The highest BCUT2D eigenvalue weighted by molar-refractivity contribution is 5.97. The highest BCUT2D eigenvalue weighted by Crippen LogP contribution is 2.35. The molecule has 1 amide bonds. The number of carbonyl (C=O) groups excluding carboxylic acids is 2. The Kier molecular flexibility index (Phi) is 7.46. The van der Waals surface area contributed by atoms with Crippen LogP contribution in [0.5, 0.6) is 0 Å². The Morgan fingerprint density at radius 1 is 1.23 bits per heavy atom. The third kappa shape index (κ3) is 5.60. The van der Waals surface area contributed by atoms with E-state index in [-0.39, 0.29) is 30.4 Å². The van der Waals surface area contributed by atoms with Gasteiger partial charge in [0.05, 0.1) is 13.5 Å². The molecule has 1 aliphatic heterocycles. The maximum atomic E-state index is 12.6. The van der Waals surface area contributed by atoms with Crippen LogP contribution in [0.1, 0.15) is 42.6 Å². The fraction of sp³-hybridized carbons (Fsp3) is 0.500. The number of esters is 1. The van der Waals surface area contributed by atoms with E-state index in [0.717, 1.165) is 36.2 Å². The number of hydrogen-bond acceptors (Lipinski definition) is 5. The molecule has 1 saturated carbocycles. The van der Waals surface area contributed by atoms with E-state index in [1.165, 1.54) is 20.0 Å². The first-order valence-corrected chi connectivity index (χ1v) is 10.3. The molecule has 1 aromatic carbocycles. The largest absolute Gasteiger partial charge is 0.483 e. The van der Waals surface area contributed by atoms with Crippen LogP contribution >= 0.6 is 0 Å². The lowest BCUT2D eigenvalue weighted by Crippen LogP contribution is -2.44. The minimum Gasteiger partial charge on any atom is -0.483 e. The van der Waals surface area contributed by atoms with Gasteiger partial charge in [0, 0.05) is 36.1 Å². The van der Waals surface area contributed by atoms with Crippen LogP contribution in [0.3, 0.4) is 0 Å². The van der Waals surface area contributed by atoms with Gasteiger partial charge in [-0.1, -0.05) is 18.2 Å². The lowest BCUT2D eigenvalue weighted by Gasteiger charge is -2.30. The second kappa shape index (κ2) is 10.2. The van der Waals surface area contributed by atoms with Gasteiger partial charge < -0.3 is 20.1 Å². The van der Waals surface area contributed by atoms with E-state index in [2.05, 4.69) is 15.2 Å². The van der Waals surface area contributed by atoms with E-state index in [1.807, 2.05) is 30.3 Å². The van der Waals surface area contributed by atoms with Gasteiger partial charge in [-0.05, 0) is 43.7 Å². The van der Waals surface area contributed by atoms with Gasteiger partial charge in [0.25, 0.3) is 12.4 Å². The number of aromatic amines is 1. The number of carboxylic acid groups (broad SMARTS) is 1. The van der Waals surface area contributed by atoms with Gasteiger partial charge in [0.15, 0.2) is 0 Å². The molecule has 2 heterocycles. The molecule has 1 aliphatic carbocycles. The Morgan fingerprint density at radius 2 is 1.93 bits per heavy atom. The Hall–Kier alpha value is -2.87. The SMILES string of the molecule is COC(=O)C[C@H]1CC[C@@H](CNC(=O)c2cc3ccccc3[nH]2)N1CC1CC1.O=CO. The number of amides is 1. The maximum Gasteiger partial charge on any atom is 0.307 e. The first-order valence-electron chi connectivity index (χ1n) is 10.3. The van der Waals surface area contributed by atoms with Crippen molar-refractivity contribution < 1.29 is 24.2 Å².